The summed E-state index contributed by atoms with van der Waals surface area (Å²) in [6, 6.07) is 4.27. The largest absolute Gasteiger partial charge is 0.261 e. The maximum absolute atomic E-state index is 4.47. The molecule has 0 radical (unpaired) electrons. The predicted octanol–water partition coefficient (Wildman–Crippen LogP) is 3.23. The fourth-order valence-electron chi connectivity index (χ4n) is 2.17. The van der Waals surface area contributed by atoms with E-state index < -0.39 is 0 Å². The zero-order chi connectivity index (χ0) is 10.4. The lowest BCUT2D eigenvalue weighted by atomic mass is 9.66. The molecular weight excluding hydrogens is 170 g/mol. The van der Waals surface area contributed by atoms with Gasteiger partial charge in [-0.1, -0.05) is 33.8 Å². The van der Waals surface area contributed by atoms with E-state index in [2.05, 4.69) is 38.7 Å². The van der Waals surface area contributed by atoms with Gasteiger partial charge in [-0.2, -0.15) is 0 Å². The molecule has 0 aliphatic heterocycles. The van der Waals surface area contributed by atoms with Crippen LogP contribution in [0.4, 0.5) is 0 Å². The normalized spacial score (nSPS) is 26.3. The molecule has 1 atom stereocenters. The SMILES string of the molecule is CC(C)(C)C1(C)Cc2cccnc2C1. The van der Waals surface area contributed by atoms with Gasteiger partial charge in [0.1, 0.15) is 0 Å². The Bertz CT molecular complexity index is 321. The zero-order valence-electron chi connectivity index (χ0n) is 9.59. The highest BCUT2D eigenvalue weighted by molar-refractivity contribution is 5.29. The average molecular weight is 189 g/mol. The van der Waals surface area contributed by atoms with Gasteiger partial charge in [0.25, 0.3) is 0 Å². The highest BCUT2D eigenvalue weighted by atomic mass is 14.7. The second kappa shape index (κ2) is 2.82. The van der Waals surface area contributed by atoms with Crippen LogP contribution in [-0.4, -0.2) is 4.98 Å². The number of fused-ring (bicyclic) bond motifs is 1. The van der Waals surface area contributed by atoms with Crippen molar-refractivity contribution in [2.24, 2.45) is 10.8 Å². The first-order valence-electron chi connectivity index (χ1n) is 5.35. The summed E-state index contributed by atoms with van der Waals surface area (Å²) >= 11 is 0. The summed E-state index contributed by atoms with van der Waals surface area (Å²) in [5.74, 6) is 0. The first kappa shape index (κ1) is 9.70. The molecule has 1 heteroatoms. The second-order valence-electron chi connectivity index (χ2n) is 5.77. The Morgan fingerprint density at radius 3 is 2.57 bits per heavy atom. The molecule has 76 valence electrons. The predicted molar refractivity (Wildman–Crippen MR) is 59.2 cm³/mol. The lowest BCUT2D eigenvalue weighted by Gasteiger charge is -2.38. The number of nitrogens with zero attached hydrogens (tertiary/aromatic N) is 1. The smallest absolute Gasteiger partial charge is 0.0441 e. The van der Waals surface area contributed by atoms with Crippen molar-refractivity contribution in [3.05, 3.63) is 29.6 Å². The Labute approximate surface area is 86.6 Å². The van der Waals surface area contributed by atoms with Gasteiger partial charge >= 0.3 is 0 Å². The molecule has 1 unspecified atom stereocenters. The van der Waals surface area contributed by atoms with Gasteiger partial charge < -0.3 is 0 Å². The topological polar surface area (TPSA) is 12.9 Å². The Morgan fingerprint density at radius 1 is 1.29 bits per heavy atom. The Kier molecular flexibility index (Phi) is 1.95. The number of rotatable bonds is 0. The van der Waals surface area contributed by atoms with Crippen molar-refractivity contribution in [3.63, 3.8) is 0 Å². The molecule has 1 aromatic rings. The molecule has 1 heterocycles. The van der Waals surface area contributed by atoms with Crippen LogP contribution in [0.5, 0.6) is 0 Å². The van der Waals surface area contributed by atoms with Gasteiger partial charge in [0.2, 0.25) is 0 Å². The lowest BCUT2D eigenvalue weighted by Crippen LogP contribution is -2.33. The number of hydrogen-bond donors (Lipinski definition) is 0. The van der Waals surface area contributed by atoms with Crippen molar-refractivity contribution in [2.45, 2.75) is 40.5 Å². The quantitative estimate of drug-likeness (QED) is 0.610. The van der Waals surface area contributed by atoms with E-state index in [1.54, 1.807) is 0 Å². The third-order valence-corrected chi connectivity index (χ3v) is 3.93. The molecule has 1 aliphatic rings. The summed E-state index contributed by atoms with van der Waals surface area (Å²) in [4.78, 5) is 4.47. The van der Waals surface area contributed by atoms with E-state index in [4.69, 9.17) is 0 Å². The third kappa shape index (κ3) is 1.35. The Hall–Kier alpha value is -0.850. The summed E-state index contributed by atoms with van der Waals surface area (Å²) in [7, 11) is 0. The minimum atomic E-state index is 0.355. The molecule has 1 nitrogen and oxygen atoms in total. The second-order valence-corrected chi connectivity index (χ2v) is 5.77. The third-order valence-electron chi connectivity index (χ3n) is 3.93. The summed E-state index contributed by atoms with van der Waals surface area (Å²) in [5.41, 5.74) is 3.49. The molecule has 0 bridgehead atoms. The van der Waals surface area contributed by atoms with Crippen LogP contribution < -0.4 is 0 Å². The van der Waals surface area contributed by atoms with E-state index in [1.807, 2.05) is 12.3 Å². The van der Waals surface area contributed by atoms with Gasteiger partial charge in [-0.05, 0) is 35.3 Å². The molecule has 1 aromatic heterocycles. The minimum Gasteiger partial charge on any atom is -0.261 e. The van der Waals surface area contributed by atoms with E-state index in [1.165, 1.54) is 17.7 Å². The van der Waals surface area contributed by atoms with E-state index >= 15 is 0 Å². The van der Waals surface area contributed by atoms with Gasteiger partial charge in [0, 0.05) is 11.9 Å². The van der Waals surface area contributed by atoms with E-state index in [-0.39, 0.29) is 0 Å². The molecule has 0 amide bonds. The van der Waals surface area contributed by atoms with Crippen LogP contribution >= 0.6 is 0 Å². The van der Waals surface area contributed by atoms with Gasteiger partial charge in [0.05, 0.1) is 0 Å². The molecule has 2 rings (SSSR count). The van der Waals surface area contributed by atoms with Crippen molar-refractivity contribution in [3.8, 4) is 0 Å². The zero-order valence-corrected chi connectivity index (χ0v) is 9.59. The highest BCUT2D eigenvalue weighted by Crippen LogP contribution is 2.48. The maximum atomic E-state index is 4.47. The highest BCUT2D eigenvalue weighted by Gasteiger charge is 2.42. The molecule has 1 aliphatic carbocycles. The standard InChI is InChI=1S/C13H19N/c1-12(2,3)13(4)8-10-6-5-7-14-11(10)9-13/h5-7H,8-9H2,1-4H3. The lowest BCUT2D eigenvalue weighted by molar-refractivity contribution is 0.121. The van der Waals surface area contributed by atoms with Crippen LogP contribution in [0.1, 0.15) is 39.0 Å². The van der Waals surface area contributed by atoms with Crippen molar-refractivity contribution in [1.82, 2.24) is 4.98 Å². The molecule has 0 saturated heterocycles. The van der Waals surface area contributed by atoms with Crippen molar-refractivity contribution >= 4 is 0 Å². The first-order valence-corrected chi connectivity index (χ1v) is 5.35. The molecule has 0 spiro atoms. The molecule has 14 heavy (non-hydrogen) atoms. The fraction of sp³-hybridized carbons (Fsp3) is 0.615. The van der Waals surface area contributed by atoms with Crippen LogP contribution in [0.3, 0.4) is 0 Å². The minimum absolute atomic E-state index is 0.355. The number of aromatic nitrogens is 1. The van der Waals surface area contributed by atoms with Crippen molar-refractivity contribution < 1.29 is 0 Å². The Morgan fingerprint density at radius 2 is 2.00 bits per heavy atom. The average Bonchev–Trinajstić information content (AvgIpc) is 2.40. The molecular formula is C13H19N. The van der Waals surface area contributed by atoms with E-state index in [0.29, 0.717) is 10.8 Å². The van der Waals surface area contributed by atoms with Crippen LogP contribution in [0.2, 0.25) is 0 Å². The maximum Gasteiger partial charge on any atom is 0.0441 e. The van der Waals surface area contributed by atoms with E-state index in [0.717, 1.165) is 6.42 Å². The summed E-state index contributed by atoms with van der Waals surface area (Å²) in [6.45, 7) is 9.38. The summed E-state index contributed by atoms with van der Waals surface area (Å²) in [5, 5.41) is 0. The van der Waals surface area contributed by atoms with Crippen molar-refractivity contribution in [1.29, 1.82) is 0 Å². The number of pyridine rings is 1. The van der Waals surface area contributed by atoms with Crippen LogP contribution in [0, 0.1) is 10.8 Å². The van der Waals surface area contributed by atoms with Crippen LogP contribution in [0.15, 0.2) is 18.3 Å². The first-order chi connectivity index (χ1) is 6.42. The van der Waals surface area contributed by atoms with Gasteiger partial charge in [-0.25, -0.2) is 0 Å². The molecule has 0 N–H and O–H groups in total. The summed E-state index contributed by atoms with van der Waals surface area (Å²) < 4.78 is 0. The Balaban J connectivity index is 2.35. The molecule has 0 saturated carbocycles. The van der Waals surface area contributed by atoms with Gasteiger partial charge in [0.15, 0.2) is 0 Å². The fourth-order valence-corrected chi connectivity index (χ4v) is 2.17. The monoisotopic (exact) mass is 189 g/mol. The summed E-state index contributed by atoms with van der Waals surface area (Å²) in [6.07, 6.45) is 4.22. The van der Waals surface area contributed by atoms with Crippen molar-refractivity contribution in [2.75, 3.05) is 0 Å². The molecule has 0 fully saturated rings. The van der Waals surface area contributed by atoms with Gasteiger partial charge in [-0.15, -0.1) is 0 Å². The van der Waals surface area contributed by atoms with Gasteiger partial charge in [-0.3, -0.25) is 4.98 Å². The number of hydrogen-bond acceptors (Lipinski definition) is 1. The van der Waals surface area contributed by atoms with E-state index in [9.17, 15) is 0 Å². The molecule has 0 aromatic carbocycles. The van der Waals surface area contributed by atoms with Crippen LogP contribution in [0.25, 0.3) is 0 Å². The van der Waals surface area contributed by atoms with Crippen LogP contribution in [-0.2, 0) is 12.8 Å².